The highest BCUT2D eigenvalue weighted by atomic mass is 35.5. The summed E-state index contributed by atoms with van der Waals surface area (Å²) in [6.45, 7) is 5.32. The lowest BCUT2D eigenvalue weighted by molar-refractivity contribution is -0.139. The van der Waals surface area contributed by atoms with Crippen molar-refractivity contribution < 1.29 is 18.0 Å². The van der Waals surface area contributed by atoms with Crippen molar-refractivity contribution in [2.24, 2.45) is 0 Å². The van der Waals surface area contributed by atoms with Gasteiger partial charge < -0.3 is 10.2 Å². The van der Waals surface area contributed by atoms with Crippen LogP contribution >= 0.6 is 11.6 Å². The van der Waals surface area contributed by atoms with Crippen molar-refractivity contribution in [1.29, 1.82) is 0 Å². The highest BCUT2D eigenvalue weighted by Crippen LogP contribution is 2.26. The van der Waals surface area contributed by atoms with Gasteiger partial charge in [-0.2, -0.15) is 0 Å². The van der Waals surface area contributed by atoms with Gasteiger partial charge in [0.15, 0.2) is 0 Å². The Bertz CT molecular complexity index is 1030. The van der Waals surface area contributed by atoms with Gasteiger partial charge in [0.2, 0.25) is 21.8 Å². The lowest BCUT2D eigenvalue weighted by Gasteiger charge is -2.31. The average Bonchev–Trinajstić information content (AvgIpc) is 2.70. The van der Waals surface area contributed by atoms with Crippen LogP contribution in [0.15, 0.2) is 48.5 Å². The Labute approximate surface area is 189 Å². The number of likely N-dealkylation sites (N-methyl/N-ethyl adjacent to an activating group) is 1. The van der Waals surface area contributed by atoms with E-state index in [1.165, 1.54) is 4.90 Å². The molecular weight excluding hydrogens is 438 g/mol. The molecule has 31 heavy (non-hydrogen) atoms. The fraction of sp³-hybridized carbons (Fsp3) is 0.364. The molecule has 2 aromatic rings. The Morgan fingerprint density at radius 2 is 1.77 bits per heavy atom. The second-order valence-electron chi connectivity index (χ2n) is 7.28. The third-order valence-electron chi connectivity index (χ3n) is 4.82. The number of halogens is 1. The molecule has 0 saturated carbocycles. The van der Waals surface area contributed by atoms with Crippen molar-refractivity contribution in [1.82, 2.24) is 10.2 Å². The molecule has 9 heteroatoms. The van der Waals surface area contributed by atoms with Gasteiger partial charge in [0.25, 0.3) is 0 Å². The van der Waals surface area contributed by atoms with E-state index in [1.54, 1.807) is 39.0 Å². The minimum absolute atomic E-state index is 0.176. The smallest absolute Gasteiger partial charge is 0.244 e. The van der Waals surface area contributed by atoms with Crippen LogP contribution in [0.4, 0.5) is 5.69 Å². The standard InChI is InChI=1S/C22H28ClN3O4S/c1-5-24-22(28)17(3)25(14-18-9-7-6-8-10-18)21(27)15-26(31(4,29)30)20-12-11-19(23)13-16(20)2/h6-13,17H,5,14-15H2,1-4H3,(H,24,28)/t17-/m0/s1. The summed E-state index contributed by atoms with van der Waals surface area (Å²) in [6.07, 6.45) is 1.04. The Morgan fingerprint density at radius 1 is 1.13 bits per heavy atom. The predicted molar refractivity (Wildman–Crippen MR) is 124 cm³/mol. The maximum absolute atomic E-state index is 13.3. The first-order valence-corrected chi connectivity index (χ1v) is 12.1. The van der Waals surface area contributed by atoms with Crippen molar-refractivity contribution in [3.63, 3.8) is 0 Å². The first-order valence-electron chi connectivity index (χ1n) is 9.89. The van der Waals surface area contributed by atoms with Crippen molar-refractivity contribution in [2.45, 2.75) is 33.4 Å². The van der Waals surface area contributed by atoms with E-state index < -0.39 is 28.5 Å². The summed E-state index contributed by atoms with van der Waals surface area (Å²) >= 11 is 6.00. The van der Waals surface area contributed by atoms with Crippen molar-refractivity contribution in [3.8, 4) is 0 Å². The number of rotatable bonds is 9. The first-order chi connectivity index (χ1) is 14.5. The third kappa shape index (κ3) is 6.70. The molecule has 0 unspecified atom stereocenters. The summed E-state index contributed by atoms with van der Waals surface area (Å²) in [7, 11) is -3.77. The van der Waals surface area contributed by atoms with E-state index >= 15 is 0 Å². The second-order valence-corrected chi connectivity index (χ2v) is 9.62. The molecule has 2 aromatic carbocycles. The van der Waals surface area contributed by atoms with Gasteiger partial charge in [-0.15, -0.1) is 0 Å². The number of nitrogens with one attached hydrogen (secondary N) is 1. The zero-order valence-electron chi connectivity index (χ0n) is 18.1. The SMILES string of the molecule is CCNC(=O)[C@H](C)N(Cc1ccccc1)C(=O)CN(c1ccc(Cl)cc1C)S(C)(=O)=O. The maximum Gasteiger partial charge on any atom is 0.244 e. The van der Waals surface area contributed by atoms with Gasteiger partial charge in [-0.05, 0) is 50.1 Å². The van der Waals surface area contributed by atoms with Gasteiger partial charge in [0.05, 0.1) is 11.9 Å². The van der Waals surface area contributed by atoms with E-state index in [1.807, 2.05) is 30.3 Å². The summed E-state index contributed by atoms with van der Waals surface area (Å²) in [5.74, 6) is -0.789. The largest absolute Gasteiger partial charge is 0.355 e. The van der Waals surface area contributed by atoms with Crippen molar-refractivity contribution >= 4 is 39.1 Å². The molecule has 2 amide bonds. The summed E-state index contributed by atoms with van der Waals surface area (Å²) in [5, 5.41) is 3.19. The molecule has 0 aliphatic rings. The first kappa shape index (κ1) is 24.7. The average molecular weight is 466 g/mol. The minimum atomic E-state index is -3.77. The Kier molecular flexibility index (Phi) is 8.47. The van der Waals surface area contributed by atoms with Crippen molar-refractivity contribution in [2.75, 3.05) is 23.7 Å². The normalized spacial score (nSPS) is 12.2. The molecular formula is C22H28ClN3O4S. The molecule has 7 nitrogen and oxygen atoms in total. The fourth-order valence-electron chi connectivity index (χ4n) is 3.18. The zero-order valence-corrected chi connectivity index (χ0v) is 19.7. The number of hydrogen-bond donors (Lipinski definition) is 1. The molecule has 2 rings (SSSR count). The number of hydrogen-bond acceptors (Lipinski definition) is 4. The number of anilines is 1. The molecule has 1 atom stereocenters. The molecule has 0 fully saturated rings. The molecule has 0 heterocycles. The number of carbonyl (C=O) groups is 2. The highest BCUT2D eigenvalue weighted by Gasteiger charge is 2.30. The van der Waals surface area contributed by atoms with Crippen LogP contribution in [0.1, 0.15) is 25.0 Å². The lowest BCUT2D eigenvalue weighted by Crippen LogP contribution is -2.51. The van der Waals surface area contributed by atoms with Crippen LogP contribution in [0.5, 0.6) is 0 Å². The number of sulfonamides is 1. The van der Waals surface area contributed by atoms with Crippen molar-refractivity contribution in [3.05, 3.63) is 64.7 Å². The Balaban J connectivity index is 2.39. The van der Waals surface area contributed by atoms with Crippen LogP contribution in [0.25, 0.3) is 0 Å². The predicted octanol–water partition coefficient (Wildman–Crippen LogP) is 2.97. The monoisotopic (exact) mass is 465 g/mol. The van der Waals surface area contributed by atoms with E-state index in [-0.39, 0.29) is 12.5 Å². The fourth-order valence-corrected chi connectivity index (χ4v) is 4.31. The van der Waals surface area contributed by atoms with E-state index in [0.29, 0.717) is 22.8 Å². The van der Waals surface area contributed by atoms with Crippen LogP contribution in [0, 0.1) is 6.92 Å². The maximum atomic E-state index is 13.3. The van der Waals surface area contributed by atoms with Crippen LogP contribution in [-0.2, 0) is 26.2 Å². The van der Waals surface area contributed by atoms with Crippen LogP contribution in [0.2, 0.25) is 5.02 Å². The topological polar surface area (TPSA) is 86.8 Å². The summed E-state index contributed by atoms with van der Waals surface area (Å²) in [6, 6.07) is 13.2. The van der Waals surface area contributed by atoms with Gasteiger partial charge in [-0.25, -0.2) is 8.42 Å². The third-order valence-corrected chi connectivity index (χ3v) is 6.18. The van der Waals surface area contributed by atoms with E-state index in [4.69, 9.17) is 11.6 Å². The van der Waals surface area contributed by atoms with E-state index in [9.17, 15) is 18.0 Å². The number of nitrogens with zero attached hydrogens (tertiary/aromatic N) is 2. The molecule has 0 bridgehead atoms. The number of carbonyl (C=O) groups excluding carboxylic acids is 2. The van der Waals surface area contributed by atoms with Gasteiger partial charge in [-0.3, -0.25) is 13.9 Å². The lowest BCUT2D eigenvalue weighted by atomic mass is 10.1. The minimum Gasteiger partial charge on any atom is -0.355 e. The summed E-state index contributed by atoms with van der Waals surface area (Å²) in [4.78, 5) is 27.2. The van der Waals surface area contributed by atoms with Gasteiger partial charge in [0.1, 0.15) is 12.6 Å². The Hall–Kier alpha value is -2.58. The number of benzene rings is 2. The second kappa shape index (κ2) is 10.6. The molecule has 0 spiro atoms. The quantitative estimate of drug-likeness (QED) is 0.616. The van der Waals surface area contributed by atoms with E-state index in [2.05, 4.69) is 5.32 Å². The van der Waals surface area contributed by atoms with Crippen LogP contribution < -0.4 is 9.62 Å². The van der Waals surface area contributed by atoms with Gasteiger partial charge in [-0.1, -0.05) is 41.9 Å². The molecule has 0 aromatic heterocycles. The Morgan fingerprint density at radius 3 is 2.32 bits per heavy atom. The van der Waals surface area contributed by atoms with Gasteiger partial charge >= 0.3 is 0 Å². The van der Waals surface area contributed by atoms with Gasteiger partial charge in [0, 0.05) is 18.1 Å². The molecule has 0 radical (unpaired) electrons. The highest BCUT2D eigenvalue weighted by molar-refractivity contribution is 7.92. The molecule has 0 aliphatic heterocycles. The zero-order chi connectivity index (χ0) is 23.2. The molecule has 0 saturated heterocycles. The summed E-state index contributed by atoms with van der Waals surface area (Å²) in [5.41, 5.74) is 1.82. The van der Waals surface area contributed by atoms with Crippen LogP contribution in [-0.4, -0.2) is 50.5 Å². The number of aryl methyl sites for hydroxylation is 1. The summed E-state index contributed by atoms with van der Waals surface area (Å²) < 4.78 is 26.1. The molecule has 1 N–H and O–H groups in total. The number of amides is 2. The van der Waals surface area contributed by atoms with Crippen LogP contribution in [0.3, 0.4) is 0 Å². The molecule has 168 valence electrons. The molecule has 0 aliphatic carbocycles. The van der Waals surface area contributed by atoms with E-state index in [0.717, 1.165) is 16.1 Å².